The monoisotopic (exact) mass is 629 g/mol. The standard InChI is InChI=1S/C26H20BrN3O9S/c1-3-38-22-14-16(13-21(27)23(22)39-40(36,37)19-10-4-15(2)5-11-19)12-20-24(31)28-26(33)29(25(20)32)17-6-8-18(9-7-17)30(34)35/h4-14H,3H2,1-2H3,(H,28,31,33)/b20-12+. The lowest BCUT2D eigenvalue weighted by Gasteiger charge is -2.26. The largest absolute Gasteiger partial charge is 0.490 e. The lowest BCUT2D eigenvalue weighted by atomic mass is 10.1. The van der Waals surface area contributed by atoms with Gasteiger partial charge in [-0.15, -0.1) is 0 Å². The first kappa shape index (κ1) is 28.4. The van der Waals surface area contributed by atoms with Gasteiger partial charge in [-0.25, -0.2) is 9.69 Å². The second-order valence-corrected chi connectivity index (χ2v) is 10.7. The van der Waals surface area contributed by atoms with Crippen molar-refractivity contribution < 1.29 is 36.6 Å². The quantitative estimate of drug-likeness (QED) is 0.124. The van der Waals surface area contributed by atoms with Crippen molar-refractivity contribution in [2.75, 3.05) is 11.5 Å². The number of rotatable bonds is 8. The van der Waals surface area contributed by atoms with Crippen LogP contribution in [0.15, 0.2) is 75.6 Å². The molecule has 0 saturated carbocycles. The normalized spacial score (nSPS) is 14.7. The Morgan fingerprint density at radius 1 is 1.05 bits per heavy atom. The van der Waals surface area contributed by atoms with Crippen molar-refractivity contribution in [3.8, 4) is 11.5 Å². The van der Waals surface area contributed by atoms with Gasteiger partial charge in [0, 0.05) is 12.1 Å². The van der Waals surface area contributed by atoms with Crippen LogP contribution in [0.4, 0.5) is 16.2 Å². The first-order valence-electron chi connectivity index (χ1n) is 11.5. The highest BCUT2D eigenvalue weighted by Gasteiger charge is 2.37. The van der Waals surface area contributed by atoms with Gasteiger partial charge in [-0.3, -0.25) is 25.0 Å². The van der Waals surface area contributed by atoms with E-state index >= 15 is 0 Å². The molecule has 1 aliphatic rings. The molecule has 12 nitrogen and oxygen atoms in total. The molecule has 0 radical (unpaired) electrons. The lowest BCUT2D eigenvalue weighted by Crippen LogP contribution is -2.54. The van der Waals surface area contributed by atoms with E-state index in [1.807, 2.05) is 6.92 Å². The molecule has 1 N–H and O–H groups in total. The van der Waals surface area contributed by atoms with E-state index in [1.54, 1.807) is 19.1 Å². The van der Waals surface area contributed by atoms with E-state index in [0.29, 0.717) is 4.90 Å². The molecule has 3 aromatic rings. The Hall–Kier alpha value is -4.56. The van der Waals surface area contributed by atoms with E-state index in [9.17, 15) is 32.9 Å². The van der Waals surface area contributed by atoms with Crippen LogP contribution in [0, 0.1) is 17.0 Å². The van der Waals surface area contributed by atoms with Gasteiger partial charge in [0.05, 0.1) is 21.7 Å². The topological polar surface area (TPSA) is 162 Å². The minimum atomic E-state index is -4.23. The molecule has 4 rings (SSSR count). The van der Waals surface area contributed by atoms with Crippen molar-refractivity contribution in [1.29, 1.82) is 0 Å². The first-order chi connectivity index (χ1) is 18.9. The first-order valence-corrected chi connectivity index (χ1v) is 13.7. The number of benzene rings is 3. The Balaban J connectivity index is 1.70. The molecule has 0 unspecified atom stereocenters. The fourth-order valence-corrected chi connectivity index (χ4v) is 5.26. The van der Waals surface area contributed by atoms with Crippen LogP contribution >= 0.6 is 15.9 Å². The number of aryl methyl sites for hydroxylation is 1. The zero-order valence-corrected chi connectivity index (χ0v) is 23.3. The summed E-state index contributed by atoms with van der Waals surface area (Å²) in [6.45, 7) is 3.62. The number of nitrogens with zero attached hydrogens (tertiary/aromatic N) is 2. The zero-order chi connectivity index (χ0) is 29.2. The number of amides is 4. The summed E-state index contributed by atoms with van der Waals surface area (Å²) < 4.78 is 36.9. The van der Waals surface area contributed by atoms with Crippen LogP contribution in [-0.4, -0.2) is 37.8 Å². The van der Waals surface area contributed by atoms with Crippen molar-refractivity contribution in [1.82, 2.24) is 5.32 Å². The Bertz CT molecular complexity index is 1670. The van der Waals surface area contributed by atoms with Crippen LogP contribution in [0.5, 0.6) is 11.5 Å². The molecule has 0 aromatic heterocycles. The van der Waals surface area contributed by atoms with E-state index in [0.717, 1.165) is 17.7 Å². The predicted molar refractivity (Wildman–Crippen MR) is 146 cm³/mol. The average molecular weight is 630 g/mol. The molecule has 0 aliphatic carbocycles. The molecular formula is C26H20BrN3O9S. The molecule has 3 aromatic carbocycles. The molecule has 40 heavy (non-hydrogen) atoms. The average Bonchev–Trinajstić information content (AvgIpc) is 2.89. The van der Waals surface area contributed by atoms with Gasteiger partial charge in [0.1, 0.15) is 10.5 Å². The molecular weight excluding hydrogens is 610 g/mol. The summed E-state index contributed by atoms with van der Waals surface area (Å²) in [5.74, 6) is -2.08. The Morgan fingerprint density at radius 3 is 2.30 bits per heavy atom. The third kappa shape index (κ3) is 5.87. The van der Waals surface area contributed by atoms with Crippen LogP contribution in [0.2, 0.25) is 0 Å². The maximum Gasteiger partial charge on any atom is 0.339 e. The third-order valence-corrected chi connectivity index (χ3v) is 7.39. The van der Waals surface area contributed by atoms with Crippen molar-refractivity contribution >= 4 is 61.3 Å². The molecule has 14 heteroatoms. The summed E-state index contributed by atoms with van der Waals surface area (Å²) in [4.78, 5) is 49.1. The summed E-state index contributed by atoms with van der Waals surface area (Å²) in [7, 11) is -4.23. The van der Waals surface area contributed by atoms with Crippen molar-refractivity contribution in [2.24, 2.45) is 0 Å². The number of urea groups is 1. The van der Waals surface area contributed by atoms with Crippen LogP contribution < -0.4 is 19.1 Å². The summed E-state index contributed by atoms with van der Waals surface area (Å²) in [5.41, 5.74) is 0.441. The number of halogens is 1. The number of nitrogens with one attached hydrogen (secondary N) is 1. The Kier molecular flexibility index (Phi) is 8.02. The Labute approximate surface area is 236 Å². The molecule has 1 heterocycles. The highest BCUT2D eigenvalue weighted by atomic mass is 79.9. The minimum absolute atomic E-state index is 0.00591. The SMILES string of the molecule is CCOc1cc(/C=C2\C(=O)NC(=O)N(c3ccc([N+](=O)[O-])cc3)C2=O)cc(Br)c1OS(=O)(=O)c1ccc(C)cc1. The van der Waals surface area contributed by atoms with Crippen LogP contribution in [0.3, 0.4) is 0 Å². The minimum Gasteiger partial charge on any atom is -0.490 e. The zero-order valence-electron chi connectivity index (χ0n) is 20.9. The summed E-state index contributed by atoms with van der Waals surface area (Å²) in [6.07, 6.45) is 1.19. The van der Waals surface area contributed by atoms with Gasteiger partial charge >= 0.3 is 16.1 Å². The van der Waals surface area contributed by atoms with Gasteiger partial charge in [0.15, 0.2) is 11.5 Å². The number of nitro groups is 1. The summed E-state index contributed by atoms with van der Waals surface area (Å²) >= 11 is 3.27. The van der Waals surface area contributed by atoms with E-state index in [4.69, 9.17) is 8.92 Å². The molecule has 0 bridgehead atoms. The van der Waals surface area contributed by atoms with Crippen LogP contribution in [-0.2, 0) is 19.7 Å². The Morgan fingerprint density at radius 2 is 1.70 bits per heavy atom. The van der Waals surface area contributed by atoms with Gasteiger partial charge in [0.25, 0.3) is 17.5 Å². The number of imide groups is 2. The fourth-order valence-electron chi connectivity index (χ4n) is 3.66. The molecule has 0 atom stereocenters. The van der Waals surface area contributed by atoms with E-state index in [-0.39, 0.29) is 44.4 Å². The van der Waals surface area contributed by atoms with Gasteiger partial charge < -0.3 is 8.92 Å². The molecule has 1 saturated heterocycles. The number of barbiturate groups is 1. The smallest absolute Gasteiger partial charge is 0.339 e. The maximum atomic E-state index is 13.2. The number of non-ortho nitro benzene ring substituents is 1. The number of hydrogen-bond donors (Lipinski definition) is 1. The van der Waals surface area contributed by atoms with Crippen molar-refractivity contribution in [2.45, 2.75) is 18.7 Å². The lowest BCUT2D eigenvalue weighted by molar-refractivity contribution is -0.384. The van der Waals surface area contributed by atoms with Crippen LogP contribution in [0.1, 0.15) is 18.1 Å². The van der Waals surface area contributed by atoms with Crippen molar-refractivity contribution in [3.63, 3.8) is 0 Å². The molecule has 4 amide bonds. The highest BCUT2D eigenvalue weighted by Crippen LogP contribution is 2.39. The van der Waals surface area contributed by atoms with E-state index in [1.165, 1.54) is 42.5 Å². The highest BCUT2D eigenvalue weighted by molar-refractivity contribution is 9.10. The fraction of sp³-hybridized carbons (Fsp3) is 0.115. The number of hydrogen-bond acceptors (Lipinski definition) is 9. The second-order valence-electron chi connectivity index (χ2n) is 8.34. The molecule has 1 fully saturated rings. The van der Waals surface area contributed by atoms with Gasteiger partial charge in [-0.1, -0.05) is 17.7 Å². The summed E-state index contributed by atoms with van der Waals surface area (Å²) in [6, 6.07) is 12.4. The summed E-state index contributed by atoms with van der Waals surface area (Å²) in [5, 5.41) is 13.0. The number of carbonyl (C=O) groups excluding carboxylic acids is 3. The third-order valence-electron chi connectivity index (χ3n) is 5.57. The van der Waals surface area contributed by atoms with Gasteiger partial charge in [0.2, 0.25) is 0 Å². The molecule has 206 valence electrons. The van der Waals surface area contributed by atoms with Crippen molar-refractivity contribution in [3.05, 3.63) is 92.0 Å². The number of anilines is 1. The number of carbonyl (C=O) groups is 3. The van der Waals surface area contributed by atoms with Gasteiger partial charge in [-0.2, -0.15) is 8.42 Å². The number of nitro benzene ring substituents is 1. The second kappa shape index (κ2) is 11.3. The van der Waals surface area contributed by atoms with E-state index < -0.39 is 38.5 Å². The van der Waals surface area contributed by atoms with E-state index in [2.05, 4.69) is 21.2 Å². The van der Waals surface area contributed by atoms with Crippen LogP contribution in [0.25, 0.3) is 6.08 Å². The predicted octanol–water partition coefficient (Wildman–Crippen LogP) is 4.50. The molecule has 0 spiro atoms. The van der Waals surface area contributed by atoms with Gasteiger partial charge in [-0.05, 0) is 77.8 Å². The molecule has 1 aliphatic heterocycles. The maximum absolute atomic E-state index is 13.2. The number of ether oxygens (including phenoxy) is 1.